The van der Waals surface area contributed by atoms with Crippen molar-refractivity contribution in [1.82, 2.24) is 14.3 Å². The third kappa shape index (κ3) is 3.95. The number of nitrogens with zero attached hydrogens (tertiary/aromatic N) is 2. The van der Waals surface area contributed by atoms with Crippen LogP contribution in [0.25, 0.3) is 0 Å². The van der Waals surface area contributed by atoms with Gasteiger partial charge in [-0.25, -0.2) is 27.3 Å². The number of sulfonamides is 1. The first-order valence-electron chi connectivity index (χ1n) is 11.6. The van der Waals surface area contributed by atoms with Gasteiger partial charge >= 0.3 is 6.09 Å². The molecule has 1 heterocycles. The second-order valence-corrected chi connectivity index (χ2v) is 12.6. The first-order chi connectivity index (χ1) is 16.9. The smallest absolute Gasteiger partial charge is 0.418 e. The highest BCUT2D eigenvalue weighted by Crippen LogP contribution is 2.63. The summed E-state index contributed by atoms with van der Waals surface area (Å²) < 4.78 is 40.6. The van der Waals surface area contributed by atoms with E-state index in [9.17, 15) is 27.5 Å². The molecule has 5 rings (SSSR count). The van der Waals surface area contributed by atoms with Gasteiger partial charge in [-0.15, -0.1) is 0 Å². The number of hydrogen-bond donors (Lipinski definition) is 4. The molecule has 10 nitrogen and oxygen atoms in total. The Bertz CT molecular complexity index is 1340. The predicted octanol–water partition coefficient (Wildman–Crippen LogP) is 3.23. The SMILES string of the molecule is Cn1cnc(C2CC3CC(O)(C4(S(=O)(=O)NC(=O)O)CC4)CC3C2)c1C(=O)Nc1ccc(F)c(Cl)c1. The lowest BCUT2D eigenvalue weighted by Crippen LogP contribution is -2.53. The third-order valence-electron chi connectivity index (χ3n) is 8.07. The maximum Gasteiger partial charge on any atom is 0.418 e. The minimum atomic E-state index is -4.24. The second-order valence-electron chi connectivity index (χ2n) is 10.2. The van der Waals surface area contributed by atoms with Crippen molar-refractivity contribution in [2.24, 2.45) is 18.9 Å². The van der Waals surface area contributed by atoms with Crippen molar-refractivity contribution < 1.29 is 32.6 Å². The lowest BCUT2D eigenvalue weighted by molar-refractivity contribution is 0.0251. The van der Waals surface area contributed by atoms with Gasteiger partial charge < -0.3 is 20.1 Å². The minimum absolute atomic E-state index is 0.0197. The molecule has 1 aromatic carbocycles. The molecule has 13 heteroatoms. The van der Waals surface area contributed by atoms with Crippen molar-refractivity contribution >= 4 is 39.3 Å². The van der Waals surface area contributed by atoms with Gasteiger partial charge in [0.05, 0.1) is 22.6 Å². The number of halogens is 2. The van der Waals surface area contributed by atoms with Crippen LogP contribution in [-0.2, 0) is 17.1 Å². The standard InChI is InChI=1S/C23H26ClFN4O6S/c1-29-11-26-18(19(29)20(30)27-15-2-3-17(25)16(24)8-15)12-6-13-9-22(33,10-14(13)7-12)23(4-5-23)36(34,35)28-21(31)32/h2-3,8,11-14,28,33H,4-7,9-10H2,1H3,(H,27,30)(H,31,32). The molecule has 2 amide bonds. The number of imidazole rings is 1. The van der Waals surface area contributed by atoms with Crippen LogP contribution in [0.2, 0.25) is 5.02 Å². The van der Waals surface area contributed by atoms with Crippen LogP contribution in [0, 0.1) is 17.7 Å². The van der Waals surface area contributed by atoms with Crippen LogP contribution in [-0.4, -0.2) is 50.5 Å². The molecule has 1 aromatic heterocycles. The molecule has 2 unspecified atom stereocenters. The van der Waals surface area contributed by atoms with Crippen molar-refractivity contribution in [2.45, 2.75) is 54.8 Å². The summed E-state index contributed by atoms with van der Waals surface area (Å²) in [6.45, 7) is 0. The summed E-state index contributed by atoms with van der Waals surface area (Å²) in [5, 5.41) is 23.0. The average Bonchev–Trinajstić information content (AvgIpc) is 3.29. The molecule has 194 valence electrons. The third-order valence-corrected chi connectivity index (χ3v) is 10.6. The van der Waals surface area contributed by atoms with Crippen molar-refractivity contribution in [3.05, 3.63) is 46.8 Å². The van der Waals surface area contributed by atoms with Gasteiger partial charge in [0, 0.05) is 18.7 Å². The van der Waals surface area contributed by atoms with Crippen molar-refractivity contribution in [3.63, 3.8) is 0 Å². The van der Waals surface area contributed by atoms with E-state index in [4.69, 9.17) is 16.7 Å². The van der Waals surface area contributed by atoms with Gasteiger partial charge in [-0.3, -0.25) is 4.79 Å². The highest BCUT2D eigenvalue weighted by molar-refractivity contribution is 7.91. The molecule has 0 radical (unpaired) electrons. The monoisotopic (exact) mass is 540 g/mol. The summed E-state index contributed by atoms with van der Waals surface area (Å²) in [6, 6.07) is 3.91. The van der Waals surface area contributed by atoms with Crippen LogP contribution >= 0.6 is 11.6 Å². The number of carbonyl (C=O) groups is 2. The molecule has 3 saturated carbocycles. The van der Waals surface area contributed by atoms with Crippen LogP contribution in [0.15, 0.2) is 24.5 Å². The van der Waals surface area contributed by atoms with Crippen LogP contribution in [0.1, 0.15) is 60.6 Å². The van der Waals surface area contributed by atoms with Crippen LogP contribution in [0.3, 0.4) is 0 Å². The van der Waals surface area contributed by atoms with Crippen LogP contribution in [0.4, 0.5) is 14.9 Å². The summed E-state index contributed by atoms with van der Waals surface area (Å²) >= 11 is 5.82. The zero-order chi connectivity index (χ0) is 26.0. The molecule has 0 saturated heterocycles. The first-order valence-corrected chi connectivity index (χ1v) is 13.5. The molecule has 3 aliphatic carbocycles. The summed E-state index contributed by atoms with van der Waals surface area (Å²) in [5.41, 5.74) is -0.177. The Balaban J connectivity index is 1.32. The number of rotatable bonds is 6. The Hall–Kier alpha value is -2.70. The van der Waals surface area contributed by atoms with Gasteiger partial charge in [-0.1, -0.05) is 11.6 Å². The molecular weight excluding hydrogens is 515 g/mol. The molecule has 36 heavy (non-hydrogen) atoms. The summed E-state index contributed by atoms with van der Waals surface area (Å²) in [7, 11) is -2.53. The Labute approximate surface area is 211 Å². The summed E-state index contributed by atoms with van der Waals surface area (Å²) in [4.78, 5) is 28.6. The average molecular weight is 541 g/mol. The fourth-order valence-electron chi connectivity index (χ4n) is 6.36. The normalized spacial score (nSPS) is 28.5. The summed E-state index contributed by atoms with van der Waals surface area (Å²) in [5.74, 6) is -1.03. The van der Waals surface area contributed by atoms with E-state index in [-0.39, 0.29) is 48.5 Å². The van der Waals surface area contributed by atoms with Gasteiger partial charge in [0.15, 0.2) is 0 Å². The number of aryl methyl sites for hydroxylation is 1. The number of nitrogens with one attached hydrogen (secondary N) is 2. The number of carboxylic acid groups (broad SMARTS) is 1. The van der Waals surface area contributed by atoms with E-state index in [0.717, 1.165) is 0 Å². The predicted molar refractivity (Wildman–Crippen MR) is 128 cm³/mol. The molecule has 3 aliphatic rings. The Morgan fingerprint density at radius 2 is 1.86 bits per heavy atom. The molecule has 2 aromatic rings. The van der Waals surface area contributed by atoms with Gasteiger partial charge in [0.2, 0.25) is 10.0 Å². The minimum Gasteiger partial charge on any atom is -0.464 e. The zero-order valence-corrected chi connectivity index (χ0v) is 20.9. The quantitative estimate of drug-likeness (QED) is 0.439. The highest BCUT2D eigenvalue weighted by atomic mass is 35.5. The Kier molecular flexibility index (Phi) is 5.84. The maximum atomic E-state index is 13.5. The number of aromatic nitrogens is 2. The molecule has 3 fully saturated rings. The number of carbonyl (C=O) groups excluding carboxylic acids is 1. The van der Waals surface area contributed by atoms with Crippen LogP contribution < -0.4 is 10.0 Å². The van der Waals surface area contributed by atoms with E-state index in [2.05, 4.69) is 10.3 Å². The van der Waals surface area contributed by atoms with Crippen molar-refractivity contribution in [2.75, 3.05) is 5.32 Å². The Morgan fingerprint density at radius 1 is 1.22 bits per heavy atom. The van der Waals surface area contributed by atoms with Gasteiger partial charge in [-0.2, -0.15) is 0 Å². The second kappa shape index (κ2) is 8.42. The van der Waals surface area contributed by atoms with Crippen molar-refractivity contribution in [1.29, 1.82) is 0 Å². The number of anilines is 1. The summed E-state index contributed by atoms with van der Waals surface area (Å²) in [6.07, 6.45) is 2.06. The molecular formula is C23H26ClFN4O6S. The topological polar surface area (TPSA) is 151 Å². The fraction of sp³-hybridized carbons (Fsp3) is 0.522. The number of aliphatic hydroxyl groups is 1. The molecule has 4 N–H and O–H groups in total. The fourth-order valence-corrected chi connectivity index (χ4v) is 8.27. The zero-order valence-electron chi connectivity index (χ0n) is 19.4. The number of hydrogen-bond acceptors (Lipinski definition) is 6. The van der Waals surface area contributed by atoms with E-state index in [1.807, 2.05) is 0 Å². The molecule has 2 atom stereocenters. The van der Waals surface area contributed by atoms with Gasteiger partial charge in [-0.05, 0) is 68.6 Å². The van der Waals surface area contributed by atoms with E-state index in [1.54, 1.807) is 22.7 Å². The van der Waals surface area contributed by atoms with E-state index in [1.165, 1.54) is 18.2 Å². The van der Waals surface area contributed by atoms with Gasteiger partial charge in [0.1, 0.15) is 16.3 Å². The highest BCUT2D eigenvalue weighted by Gasteiger charge is 2.71. The lowest BCUT2D eigenvalue weighted by atomic mass is 9.88. The number of amides is 2. The Morgan fingerprint density at radius 3 is 2.42 bits per heavy atom. The molecule has 0 bridgehead atoms. The maximum absolute atomic E-state index is 13.5. The molecule has 0 aliphatic heterocycles. The lowest BCUT2D eigenvalue weighted by Gasteiger charge is -2.33. The molecule has 0 spiro atoms. The number of benzene rings is 1. The van der Waals surface area contributed by atoms with E-state index in [0.29, 0.717) is 29.9 Å². The van der Waals surface area contributed by atoms with E-state index >= 15 is 0 Å². The number of fused-ring (bicyclic) bond motifs is 1. The van der Waals surface area contributed by atoms with Crippen LogP contribution in [0.5, 0.6) is 0 Å². The largest absolute Gasteiger partial charge is 0.464 e. The van der Waals surface area contributed by atoms with Crippen molar-refractivity contribution in [3.8, 4) is 0 Å². The van der Waals surface area contributed by atoms with E-state index < -0.39 is 38.2 Å². The first kappa shape index (κ1) is 25.0. The van der Waals surface area contributed by atoms with Gasteiger partial charge in [0.25, 0.3) is 5.91 Å².